The molecule has 0 aromatic carbocycles. The van der Waals surface area contributed by atoms with E-state index in [1.54, 1.807) is 0 Å². The minimum absolute atomic E-state index is 0.144. The lowest BCUT2D eigenvalue weighted by molar-refractivity contribution is 0.202. The summed E-state index contributed by atoms with van der Waals surface area (Å²) in [5.41, 5.74) is 5.93. The quantitative estimate of drug-likeness (QED) is 0.471. The van der Waals surface area contributed by atoms with Crippen LogP contribution < -0.4 is 5.73 Å². The van der Waals surface area contributed by atoms with E-state index in [1.165, 1.54) is 25.7 Å². The van der Waals surface area contributed by atoms with Gasteiger partial charge in [-0.05, 0) is 32.6 Å². The molecule has 5 nitrogen and oxygen atoms in total. The van der Waals surface area contributed by atoms with Crippen LogP contribution in [0.15, 0.2) is 0 Å². The van der Waals surface area contributed by atoms with Crippen molar-refractivity contribution in [1.82, 2.24) is 0 Å². The summed E-state index contributed by atoms with van der Waals surface area (Å²) < 4.78 is 25.9. The second-order valence-electron chi connectivity index (χ2n) is 5.61. The Morgan fingerprint density at radius 1 is 1.16 bits per heavy atom. The van der Waals surface area contributed by atoms with Gasteiger partial charge in [0.15, 0.2) is 0 Å². The predicted molar refractivity (Wildman–Crippen MR) is 79.7 cm³/mol. The van der Waals surface area contributed by atoms with Crippen LogP contribution in [0, 0.1) is 5.92 Å². The van der Waals surface area contributed by atoms with E-state index in [4.69, 9.17) is 15.4 Å². The van der Waals surface area contributed by atoms with Crippen LogP contribution in [0.2, 0.25) is 0 Å². The Morgan fingerprint density at radius 2 is 1.63 bits per heavy atom. The van der Waals surface area contributed by atoms with Gasteiger partial charge in [-0.15, -0.1) is 0 Å². The molecule has 0 rings (SSSR count). The zero-order valence-electron chi connectivity index (χ0n) is 12.7. The zero-order valence-corrected chi connectivity index (χ0v) is 13.5. The van der Waals surface area contributed by atoms with Gasteiger partial charge in [0.25, 0.3) is 10.1 Å². The largest absolute Gasteiger partial charge is 0.396 e. The molecular weight excluding hydrogens is 266 g/mol. The fourth-order valence-corrected chi connectivity index (χ4v) is 1.86. The van der Waals surface area contributed by atoms with E-state index in [0.29, 0.717) is 12.2 Å². The van der Waals surface area contributed by atoms with Crippen molar-refractivity contribution in [3.05, 3.63) is 0 Å². The molecule has 0 aliphatic heterocycles. The Balaban J connectivity index is 0. The number of aliphatic hydroxyl groups is 1. The first-order valence-electron chi connectivity index (χ1n) is 6.84. The van der Waals surface area contributed by atoms with Gasteiger partial charge in [-0.2, -0.15) is 8.42 Å². The lowest BCUT2D eigenvalue weighted by Gasteiger charge is -2.30. The van der Waals surface area contributed by atoms with Crippen molar-refractivity contribution in [2.24, 2.45) is 11.7 Å². The van der Waals surface area contributed by atoms with Gasteiger partial charge in [-0.1, -0.05) is 32.6 Å². The van der Waals surface area contributed by atoms with Crippen LogP contribution >= 0.6 is 0 Å². The van der Waals surface area contributed by atoms with Gasteiger partial charge in [0.05, 0.1) is 6.26 Å². The Bertz CT molecular complexity index is 288. The van der Waals surface area contributed by atoms with Crippen molar-refractivity contribution in [1.29, 1.82) is 0 Å². The van der Waals surface area contributed by atoms with E-state index in [0.717, 1.165) is 12.8 Å². The summed E-state index contributed by atoms with van der Waals surface area (Å²) in [7, 11) is -3.67. The van der Waals surface area contributed by atoms with E-state index in [1.807, 2.05) is 0 Å². The average Bonchev–Trinajstić information content (AvgIpc) is 2.18. The van der Waals surface area contributed by atoms with Gasteiger partial charge in [0.2, 0.25) is 0 Å². The highest BCUT2D eigenvalue weighted by Gasteiger charge is 2.23. The monoisotopic (exact) mass is 297 g/mol. The van der Waals surface area contributed by atoms with E-state index in [2.05, 4.69) is 20.8 Å². The smallest absolute Gasteiger partial charge is 0.261 e. The molecule has 0 saturated carbocycles. The lowest BCUT2D eigenvalue weighted by Crippen LogP contribution is -2.41. The number of hydrogen-bond acceptors (Lipinski definition) is 4. The van der Waals surface area contributed by atoms with Gasteiger partial charge >= 0.3 is 0 Å². The van der Waals surface area contributed by atoms with Crippen LogP contribution in [0.3, 0.4) is 0 Å². The molecule has 0 radical (unpaired) electrons. The Kier molecular flexibility index (Phi) is 11.8. The van der Waals surface area contributed by atoms with Gasteiger partial charge < -0.3 is 10.8 Å². The van der Waals surface area contributed by atoms with Gasteiger partial charge in [0.1, 0.15) is 0 Å². The third kappa shape index (κ3) is 20.3. The number of nitrogens with two attached hydrogens (primary N) is 1. The third-order valence-corrected chi connectivity index (χ3v) is 2.94. The van der Waals surface area contributed by atoms with Crippen LogP contribution in [0.5, 0.6) is 0 Å². The average molecular weight is 297 g/mol. The molecule has 0 spiro atoms. The van der Waals surface area contributed by atoms with Crippen LogP contribution in [0.25, 0.3) is 0 Å². The molecule has 6 heteroatoms. The summed E-state index contributed by atoms with van der Waals surface area (Å²) in [6.45, 7) is 6.61. The van der Waals surface area contributed by atoms with E-state index in [-0.39, 0.29) is 12.1 Å². The van der Waals surface area contributed by atoms with E-state index < -0.39 is 10.1 Å². The molecule has 0 aromatic rings. The maximum atomic E-state index is 9.19. The summed E-state index contributed by atoms with van der Waals surface area (Å²) >= 11 is 0. The zero-order chi connectivity index (χ0) is 15.5. The third-order valence-electron chi connectivity index (χ3n) is 2.94. The molecule has 19 heavy (non-hydrogen) atoms. The summed E-state index contributed by atoms with van der Waals surface area (Å²) in [5, 5.41) is 8.95. The van der Waals surface area contributed by atoms with Crippen LogP contribution in [-0.2, 0) is 10.1 Å². The molecular formula is C13H31NO4S. The molecule has 1 unspecified atom stereocenters. The van der Waals surface area contributed by atoms with Crippen LogP contribution in [0.4, 0.5) is 0 Å². The van der Waals surface area contributed by atoms with Crippen LogP contribution in [0.1, 0.15) is 59.3 Å². The number of aliphatic hydroxyl groups excluding tert-OH is 1. The van der Waals surface area contributed by atoms with Crippen molar-refractivity contribution in [3.8, 4) is 0 Å². The fourth-order valence-electron chi connectivity index (χ4n) is 1.86. The maximum absolute atomic E-state index is 9.19. The Hall–Kier alpha value is -0.170. The minimum atomic E-state index is -3.67. The van der Waals surface area contributed by atoms with Crippen molar-refractivity contribution in [3.63, 3.8) is 0 Å². The maximum Gasteiger partial charge on any atom is 0.261 e. The summed E-state index contributed by atoms with van der Waals surface area (Å²) in [6, 6.07) is 0. The predicted octanol–water partition coefficient (Wildman–Crippen LogP) is 2.20. The molecule has 0 fully saturated rings. The number of rotatable bonds is 8. The Morgan fingerprint density at radius 3 is 1.95 bits per heavy atom. The van der Waals surface area contributed by atoms with E-state index >= 15 is 0 Å². The molecule has 0 aliphatic rings. The number of unbranched alkanes of at least 4 members (excludes halogenated alkanes) is 3. The highest BCUT2D eigenvalue weighted by atomic mass is 32.2. The highest BCUT2D eigenvalue weighted by Crippen LogP contribution is 2.23. The second-order valence-corrected chi connectivity index (χ2v) is 7.08. The molecule has 1 atom stereocenters. The molecule has 0 aliphatic carbocycles. The summed E-state index contributed by atoms with van der Waals surface area (Å²) in [4.78, 5) is 0. The minimum Gasteiger partial charge on any atom is -0.396 e. The molecule has 118 valence electrons. The molecule has 0 heterocycles. The van der Waals surface area contributed by atoms with Crippen molar-refractivity contribution in [2.75, 3.05) is 12.9 Å². The topological polar surface area (TPSA) is 101 Å². The molecule has 0 aromatic heterocycles. The number of hydrogen-bond donors (Lipinski definition) is 3. The second kappa shape index (κ2) is 10.6. The SMILES string of the molecule is CCCCCCC(CCO)C(C)(C)N.CS(=O)(=O)O. The molecule has 0 bridgehead atoms. The fraction of sp³-hybridized carbons (Fsp3) is 1.00. The summed E-state index contributed by atoms with van der Waals surface area (Å²) in [5.74, 6) is 0.462. The molecule has 0 amide bonds. The van der Waals surface area contributed by atoms with E-state index in [9.17, 15) is 8.42 Å². The first kappa shape index (κ1) is 21.1. The van der Waals surface area contributed by atoms with Gasteiger partial charge in [-0.3, -0.25) is 4.55 Å². The van der Waals surface area contributed by atoms with Crippen LogP contribution in [-0.4, -0.2) is 36.5 Å². The van der Waals surface area contributed by atoms with Crippen molar-refractivity contribution < 1.29 is 18.1 Å². The standard InChI is InChI=1S/C12H27NO.CH4O3S/c1-4-5-6-7-8-11(9-10-14)12(2,3)13;1-5(2,3)4/h11,14H,4-10,13H2,1-3H3;1H3,(H,2,3,4). The highest BCUT2D eigenvalue weighted by molar-refractivity contribution is 7.85. The normalized spacial score (nSPS) is 13.6. The summed E-state index contributed by atoms with van der Waals surface area (Å²) in [6.07, 6.45) is 7.86. The van der Waals surface area contributed by atoms with Crippen molar-refractivity contribution in [2.45, 2.75) is 64.8 Å². The van der Waals surface area contributed by atoms with Crippen molar-refractivity contribution >= 4 is 10.1 Å². The lowest BCUT2D eigenvalue weighted by atomic mass is 9.82. The first-order valence-corrected chi connectivity index (χ1v) is 8.69. The first-order chi connectivity index (χ1) is 8.52. The molecule has 4 N–H and O–H groups in total. The van der Waals surface area contributed by atoms with Gasteiger partial charge in [0, 0.05) is 12.1 Å². The Labute approximate surface area is 118 Å². The molecule has 0 saturated heterocycles. The van der Waals surface area contributed by atoms with Gasteiger partial charge in [-0.25, -0.2) is 0 Å².